The summed E-state index contributed by atoms with van der Waals surface area (Å²) in [6, 6.07) is 0. The molecule has 0 amide bonds. The summed E-state index contributed by atoms with van der Waals surface area (Å²) in [5.41, 5.74) is 0. The van der Waals surface area contributed by atoms with Gasteiger partial charge in [-0.1, -0.05) is 26.7 Å². The van der Waals surface area contributed by atoms with Crippen LogP contribution in [0, 0.1) is 0 Å². The van der Waals surface area contributed by atoms with E-state index in [2.05, 4.69) is 4.74 Å². The number of cyclic esters (lactones) is 2. The molecular weight excluding hydrogens is 304 g/mol. The van der Waals surface area contributed by atoms with Crippen LogP contribution in [0.5, 0.6) is 0 Å². The molecule has 0 saturated heterocycles. The maximum Gasteiger partial charge on any atom is 0.338 e. The highest BCUT2D eigenvalue weighted by molar-refractivity contribution is 6.04. The summed E-state index contributed by atoms with van der Waals surface area (Å²) in [4.78, 5) is 41.9. The first-order chi connectivity index (χ1) is 11.0. The second-order valence-corrected chi connectivity index (χ2v) is 4.45. The van der Waals surface area contributed by atoms with Crippen molar-refractivity contribution in [2.24, 2.45) is 0 Å². The van der Waals surface area contributed by atoms with Crippen molar-refractivity contribution in [2.45, 2.75) is 39.5 Å². The van der Waals surface area contributed by atoms with Crippen molar-refractivity contribution in [3.8, 4) is 0 Å². The van der Waals surface area contributed by atoms with Gasteiger partial charge < -0.3 is 14.2 Å². The van der Waals surface area contributed by atoms with Crippen molar-refractivity contribution >= 4 is 23.9 Å². The molecule has 7 heteroatoms. The lowest BCUT2D eigenvalue weighted by Gasteiger charge is -2.00. The number of rotatable bonds is 8. The predicted octanol–water partition coefficient (Wildman–Crippen LogP) is 1.86. The SMILES string of the molecule is CCCCOC(=O)C=CC(=O)OCCCC.O=C1C=CC(=O)O1. The van der Waals surface area contributed by atoms with Crippen LogP contribution in [0.15, 0.2) is 24.3 Å². The van der Waals surface area contributed by atoms with E-state index in [0.717, 1.165) is 50.0 Å². The van der Waals surface area contributed by atoms with Crippen LogP contribution in [0.25, 0.3) is 0 Å². The van der Waals surface area contributed by atoms with Gasteiger partial charge in [0.2, 0.25) is 0 Å². The Bertz CT molecular complexity index is 423. The molecule has 0 fully saturated rings. The van der Waals surface area contributed by atoms with Crippen LogP contribution in [-0.4, -0.2) is 37.1 Å². The molecule has 0 spiro atoms. The van der Waals surface area contributed by atoms with Crippen LogP contribution in [-0.2, 0) is 33.4 Å². The summed E-state index contributed by atoms with van der Waals surface area (Å²) in [7, 11) is 0. The van der Waals surface area contributed by atoms with E-state index in [9.17, 15) is 19.2 Å². The Kier molecular flexibility index (Phi) is 11.8. The number of hydrogen-bond donors (Lipinski definition) is 0. The van der Waals surface area contributed by atoms with Gasteiger partial charge in [-0.3, -0.25) is 0 Å². The second kappa shape index (κ2) is 13.2. The summed E-state index contributed by atoms with van der Waals surface area (Å²) in [6.07, 6.45) is 7.98. The molecule has 7 nitrogen and oxygen atoms in total. The fourth-order valence-electron chi connectivity index (χ4n) is 1.17. The van der Waals surface area contributed by atoms with Crippen molar-refractivity contribution in [2.75, 3.05) is 13.2 Å². The average Bonchev–Trinajstić information content (AvgIpc) is 2.90. The second-order valence-electron chi connectivity index (χ2n) is 4.45. The van der Waals surface area contributed by atoms with E-state index in [4.69, 9.17) is 9.47 Å². The highest BCUT2D eigenvalue weighted by atomic mass is 16.6. The van der Waals surface area contributed by atoms with Gasteiger partial charge in [0, 0.05) is 24.3 Å². The fraction of sp³-hybridized carbons (Fsp3) is 0.500. The van der Waals surface area contributed by atoms with Gasteiger partial charge in [0.05, 0.1) is 13.2 Å². The molecule has 0 N–H and O–H groups in total. The molecule has 0 aromatic rings. The minimum atomic E-state index is -0.579. The van der Waals surface area contributed by atoms with E-state index in [-0.39, 0.29) is 0 Å². The van der Waals surface area contributed by atoms with E-state index in [1.54, 1.807) is 0 Å². The number of unbranched alkanes of at least 4 members (excludes halogenated alkanes) is 2. The number of esters is 4. The molecule has 0 unspecified atom stereocenters. The topological polar surface area (TPSA) is 96.0 Å². The Morgan fingerprint density at radius 1 is 0.913 bits per heavy atom. The minimum Gasteiger partial charge on any atom is -0.463 e. The molecule has 23 heavy (non-hydrogen) atoms. The Morgan fingerprint density at radius 2 is 1.30 bits per heavy atom. The monoisotopic (exact) mass is 326 g/mol. The molecule has 0 atom stereocenters. The van der Waals surface area contributed by atoms with Gasteiger partial charge >= 0.3 is 23.9 Å². The van der Waals surface area contributed by atoms with Crippen molar-refractivity contribution in [3.63, 3.8) is 0 Å². The molecule has 1 aliphatic rings. The van der Waals surface area contributed by atoms with E-state index in [1.165, 1.54) is 0 Å². The van der Waals surface area contributed by atoms with Crippen LogP contribution in [0.2, 0.25) is 0 Å². The third-order valence-corrected chi connectivity index (χ3v) is 2.40. The van der Waals surface area contributed by atoms with E-state index in [0.29, 0.717) is 13.2 Å². The molecule has 1 heterocycles. The van der Waals surface area contributed by atoms with Gasteiger partial charge in [-0.05, 0) is 12.8 Å². The van der Waals surface area contributed by atoms with Crippen molar-refractivity contribution < 1.29 is 33.4 Å². The number of carbonyl (C=O) groups is 4. The van der Waals surface area contributed by atoms with Gasteiger partial charge in [-0.2, -0.15) is 0 Å². The number of ether oxygens (including phenoxy) is 3. The van der Waals surface area contributed by atoms with Crippen molar-refractivity contribution in [1.82, 2.24) is 0 Å². The molecular formula is C16H22O7. The first-order valence-corrected chi connectivity index (χ1v) is 7.45. The lowest BCUT2D eigenvalue weighted by atomic mass is 10.4. The largest absolute Gasteiger partial charge is 0.463 e. The molecule has 0 aromatic heterocycles. The summed E-state index contributed by atoms with van der Waals surface area (Å²) < 4.78 is 13.6. The Balaban J connectivity index is 0.000000568. The van der Waals surface area contributed by atoms with Gasteiger partial charge in [-0.15, -0.1) is 0 Å². The summed E-state index contributed by atoms with van der Waals surface area (Å²) >= 11 is 0. The third-order valence-electron chi connectivity index (χ3n) is 2.40. The predicted molar refractivity (Wildman–Crippen MR) is 81.1 cm³/mol. The van der Waals surface area contributed by atoms with Crippen LogP contribution >= 0.6 is 0 Å². The van der Waals surface area contributed by atoms with E-state index >= 15 is 0 Å². The maximum absolute atomic E-state index is 11.0. The number of carbonyl (C=O) groups excluding carboxylic acids is 4. The zero-order chi connectivity index (χ0) is 17.5. The highest BCUT2D eigenvalue weighted by Gasteiger charge is 2.10. The van der Waals surface area contributed by atoms with E-state index in [1.807, 2.05) is 13.8 Å². The van der Waals surface area contributed by atoms with Crippen LogP contribution < -0.4 is 0 Å². The molecule has 0 bridgehead atoms. The van der Waals surface area contributed by atoms with Gasteiger partial charge in [0.15, 0.2) is 0 Å². The fourth-order valence-corrected chi connectivity index (χ4v) is 1.17. The molecule has 0 saturated carbocycles. The molecule has 128 valence electrons. The summed E-state index contributed by atoms with van der Waals surface area (Å²) in [5, 5.41) is 0. The quantitative estimate of drug-likeness (QED) is 0.221. The van der Waals surface area contributed by atoms with Crippen LogP contribution in [0.3, 0.4) is 0 Å². The Morgan fingerprint density at radius 3 is 1.57 bits per heavy atom. The van der Waals surface area contributed by atoms with Crippen molar-refractivity contribution in [1.29, 1.82) is 0 Å². The lowest BCUT2D eigenvalue weighted by Crippen LogP contribution is -2.05. The van der Waals surface area contributed by atoms with Gasteiger partial charge in [-0.25, -0.2) is 19.2 Å². The molecule has 1 aliphatic heterocycles. The van der Waals surface area contributed by atoms with Crippen LogP contribution in [0.1, 0.15) is 39.5 Å². The minimum absolute atomic E-state index is 0.393. The van der Waals surface area contributed by atoms with Gasteiger partial charge in [0.1, 0.15) is 0 Å². The first kappa shape index (κ1) is 20.6. The average molecular weight is 326 g/mol. The third kappa shape index (κ3) is 13.0. The molecule has 0 aliphatic carbocycles. The normalized spacial score (nSPS) is 12.6. The molecule has 1 rings (SSSR count). The maximum atomic E-state index is 11.0. The molecule has 0 aromatic carbocycles. The van der Waals surface area contributed by atoms with Crippen LogP contribution in [0.4, 0.5) is 0 Å². The number of hydrogen-bond acceptors (Lipinski definition) is 7. The van der Waals surface area contributed by atoms with Crippen molar-refractivity contribution in [3.05, 3.63) is 24.3 Å². The zero-order valence-corrected chi connectivity index (χ0v) is 13.4. The lowest BCUT2D eigenvalue weighted by molar-refractivity contribution is -0.150. The van der Waals surface area contributed by atoms with Gasteiger partial charge in [0.25, 0.3) is 0 Å². The summed E-state index contributed by atoms with van der Waals surface area (Å²) in [5.74, 6) is -2.16. The Labute approximate surface area is 135 Å². The Hall–Kier alpha value is -2.44. The van der Waals surface area contributed by atoms with E-state index < -0.39 is 23.9 Å². The zero-order valence-electron chi connectivity index (χ0n) is 13.4. The summed E-state index contributed by atoms with van der Waals surface area (Å²) in [6.45, 7) is 4.80. The standard InChI is InChI=1S/C12H20O4.C4H2O3/c1-3-5-9-15-11(13)7-8-12(14)16-10-6-4-2;5-3-1-2-4(6)7-3/h7-8H,3-6,9-10H2,1-2H3;1-2H. The first-order valence-electron chi connectivity index (χ1n) is 7.45. The highest BCUT2D eigenvalue weighted by Crippen LogP contribution is 1.93. The smallest absolute Gasteiger partial charge is 0.338 e. The molecule has 0 radical (unpaired) electrons.